The molecule has 0 fully saturated rings. The molecule has 6 heteroatoms. The maximum Gasteiger partial charge on any atom is 0.241 e. The fourth-order valence-electron chi connectivity index (χ4n) is 4.40. The van der Waals surface area contributed by atoms with Gasteiger partial charge in [0.05, 0.1) is 26.0 Å². The number of hydrogen-bond donors (Lipinski definition) is 2. The minimum atomic E-state index is -0.624. The largest absolute Gasteiger partial charge is 0.497 e. The Morgan fingerprint density at radius 3 is 1.81 bits per heavy atom. The summed E-state index contributed by atoms with van der Waals surface area (Å²) in [5, 5.41) is 7.83. The number of amides is 1. The third-order valence-electron chi connectivity index (χ3n) is 6.19. The summed E-state index contributed by atoms with van der Waals surface area (Å²) in [6.07, 6.45) is 1.79. The van der Waals surface area contributed by atoms with Crippen LogP contribution >= 0.6 is 0 Å². The number of nitrogens with zero attached hydrogens (tertiary/aromatic N) is 1. The first-order valence-electron chi connectivity index (χ1n) is 12.1. The Morgan fingerprint density at radius 1 is 0.784 bits per heavy atom. The quantitative estimate of drug-likeness (QED) is 0.173. The first-order chi connectivity index (χ1) is 18.2. The highest BCUT2D eigenvalue weighted by Crippen LogP contribution is 2.36. The van der Waals surface area contributed by atoms with Crippen LogP contribution < -0.4 is 20.2 Å². The minimum Gasteiger partial charge on any atom is -0.497 e. The summed E-state index contributed by atoms with van der Waals surface area (Å²) in [6.45, 7) is 0.433. The fourth-order valence-corrected chi connectivity index (χ4v) is 4.40. The smallest absolute Gasteiger partial charge is 0.241 e. The van der Waals surface area contributed by atoms with Gasteiger partial charge in [0.2, 0.25) is 5.91 Å². The van der Waals surface area contributed by atoms with Crippen molar-refractivity contribution >= 4 is 12.1 Å². The molecule has 0 atom stereocenters. The highest BCUT2D eigenvalue weighted by atomic mass is 16.5. The summed E-state index contributed by atoms with van der Waals surface area (Å²) in [6, 6.07) is 36.3. The molecule has 0 spiro atoms. The monoisotopic (exact) mass is 493 g/mol. The molecular formula is C31H31N3O3. The number of hydrogen-bond acceptors (Lipinski definition) is 5. The van der Waals surface area contributed by atoms with E-state index in [4.69, 9.17) is 9.47 Å². The Labute approximate surface area is 218 Å². The highest BCUT2D eigenvalue weighted by molar-refractivity contribution is 5.85. The molecule has 1 amide bonds. The van der Waals surface area contributed by atoms with Gasteiger partial charge in [0.15, 0.2) is 0 Å². The van der Waals surface area contributed by atoms with Crippen LogP contribution in [0.2, 0.25) is 0 Å². The summed E-state index contributed by atoms with van der Waals surface area (Å²) in [5.74, 6) is 1.12. The molecule has 4 rings (SSSR count). The molecule has 0 aliphatic rings. The van der Waals surface area contributed by atoms with Gasteiger partial charge < -0.3 is 9.47 Å². The van der Waals surface area contributed by atoms with E-state index in [1.807, 2.05) is 54.6 Å². The van der Waals surface area contributed by atoms with Crippen LogP contribution in [-0.2, 0) is 10.3 Å². The molecule has 6 nitrogen and oxygen atoms in total. The van der Waals surface area contributed by atoms with Crippen molar-refractivity contribution in [1.29, 1.82) is 0 Å². The second-order valence-electron chi connectivity index (χ2n) is 8.43. The third-order valence-corrected chi connectivity index (χ3v) is 6.19. The Kier molecular flexibility index (Phi) is 8.68. The van der Waals surface area contributed by atoms with Gasteiger partial charge in [-0.2, -0.15) is 5.10 Å². The number of nitrogens with one attached hydrogen (secondary N) is 2. The number of hydrazone groups is 1. The van der Waals surface area contributed by atoms with Gasteiger partial charge in [0.25, 0.3) is 0 Å². The van der Waals surface area contributed by atoms with E-state index in [2.05, 4.69) is 52.2 Å². The van der Waals surface area contributed by atoms with E-state index in [1.54, 1.807) is 38.6 Å². The second kappa shape index (κ2) is 12.5. The highest BCUT2D eigenvalue weighted by Gasteiger charge is 2.35. The van der Waals surface area contributed by atoms with Crippen LogP contribution in [0.1, 0.15) is 28.7 Å². The number of benzene rings is 4. The molecule has 2 N–H and O–H groups in total. The van der Waals surface area contributed by atoms with Crippen LogP contribution in [0.25, 0.3) is 0 Å². The van der Waals surface area contributed by atoms with Gasteiger partial charge in [-0.3, -0.25) is 10.1 Å². The molecule has 0 saturated carbocycles. The first-order valence-corrected chi connectivity index (χ1v) is 12.1. The average Bonchev–Trinajstić information content (AvgIpc) is 2.96. The lowest BCUT2D eigenvalue weighted by Crippen LogP contribution is -2.45. The van der Waals surface area contributed by atoms with Crippen LogP contribution in [0.4, 0.5) is 0 Å². The van der Waals surface area contributed by atoms with Crippen LogP contribution in [-0.4, -0.2) is 32.9 Å². The van der Waals surface area contributed by atoms with Crippen LogP contribution in [0.3, 0.4) is 0 Å². The molecule has 0 unspecified atom stereocenters. The lowest BCUT2D eigenvalue weighted by molar-refractivity contribution is -0.121. The predicted octanol–water partition coefficient (Wildman–Crippen LogP) is 5.13. The Balaban J connectivity index is 1.52. The molecule has 4 aromatic carbocycles. The van der Waals surface area contributed by atoms with Gasteiger partial charge >= 0.3 is 0 Å². The maximum absolute atomic E-state index is 12.7. The molecule has 37 heavy (non-hydrogen) atoms. The van der Waals surface area contributed by atoms with E-state index in [-0.39, 0.29) is 12.3 Å². The van der Waals surface area contributed by atoms with Crippen LogP contribution in [0, 0.1) is 0 Å². The van der Waals surface area contributed by atoms with Crippen molar-refractivity contribution in [3.8, 4) is 11.5 Å². The van der Waals surface area contributed by atoms with Gasteiger partial charge in [-0.05, 0) is 34.9 Å². The van der Waals surface area contributed by atoms with Crippen molar-refractivity contribution in [2.24, 2.45) is 5.10 Å². The standard InChI is InChI=1S/C31H31N3O3/c1-36-28-18-19-29(37-2)24(22-28)23-33-34-30(35)20-21-32-31(25-12-6-3-7-13-25,26-14-8-4-9-15-26)27-16-10-5-11-17-27/h3-19,22-23,32H,20-21H2,1-2H3,(H,34,35)/b33-23+. The Morgan fingerprint density at radius 2 is 1.32 bits per heavy atom. The summed E-state index contributed by atoms with van der Waals surface area (Å²) >= 11 is 0. The molecule has 0 aliphatic carbocycles. The van der Waals surface area contributed by atoms with Gasteiger partial charge in [-0.1, -0.05) is 91.0 Å². The molecule has 0 aromatic heterocycles. The lowest BCUT2D eigenvalue weighted by Gasteiger charge is -2.37. The molecular weight excluding hydrogens is 462 g/mol. The zero-order valence-electron chi connectivity index (χ0n) is 21.1. The van der Waals surface area contributed by atoms with Crippen molar-refractivity contribution < 1.29 is 14.3 Å². The molecule has 0 radical (unpaired) electrons. The van der Waals surface area contributed by atoms with E-state index in [0.29, 0.717) is 23.6 Å². The predicted molar refractivity (Wildman–Crippen MR) is 147 cm³/mol. The van der Waals surface area contributed by atoms with Crippen LogP contribution in [0.15, 0.2) is 114 Å². The third kappa shape index (κ3) is 6.05. The molecule has 188 valence electrons. The van der Waals surface area contributed by atoms with E-state index >= 15 is 0 Å². The summed E-state index contributed by atoms with van der Waals surface area (Å²) in [5.41, 5.74) is 5.98. The van der Waals surface area contributed by atoms with Crippen molar-refractivity contribution in [2.45, 2.75) is 12.0 Å². The van der Waals surface area contributed by atoms with E-state index in [0.717, 1.165) is 16.7 Å². The van der Waals surface area contributed by atoms with Crippen molar-refractivity contribution in [2.75, 3.05) is 20.8 Å². The number of methoxy groups -OCH3 is 2. The van der Waals surface area contributed by atoms with E-state index in [9.17, 15) is 4.79 Å². The van der Waals surface area contributed by atoms with Crippen molar-refractivity contribution in [1.82, 2.24) is 10.7 Å². The minimum absolute atomic E-state index is 0.200. The number of carbonyl (C=O) groups excluding carboxylic acids is 1. The Hall–Kier alpha value is -4.42. The molecule has 0 heterocycles. The van der Waals surface area contributed by atoms with Gasteiger partial charge in [0.1, 0.15) is 11.5 Å². The zero-order chi connectivity index (χ0) is 25.9. The number of carbonyl (C=O) groups is 1. The molecule has 0 aliphatic heterocycles. The first kappa shape index (κ1) is 25.7. The molecule has 4 aromatic rings. The van der Waals surface area contributed by atoms with Gasteiger partial charge in [0, 0.05) is 18.5 Å². The normalized spacial score (nSPS) is 11.3. The summed E-state index contributed by atoms with van der Waals surface area (Å²) in [7, 11) is 3.18. The lowest BCUT2D eigenvalue weighted by atomic mass is 9.77. The Bertz CT molecular complexity index is 1210. The number of ether oxygens (including phenoxy) is 2. The SMILES string of the molecule is COc1ccc(OC)c(/C=N/NC(=O)CCNC(c2ccccc2)(c2ccccc2)c2ccccc2)c1. The number of rotatable bonds is 11. The zero-order valence-corrected chi connectivity index (χ0v) is 21.1. The fraction of sp³-hybridized carbons (Fsp3) is 0.161. The van der Waals surface area contributed by atoms with Crippen molar-refractivity contribution in [3.63, 3.8) is 0 Å². The van der Waals surface area contributed by atoms with Crippen molar-refractivity contribution in [3.05, 3.63) is 131 Å². The summed E-state index contributed by atoms with van der Waals surface area (Å²) in [4.78, 5) is 12.7. The van der Waals surface area contributed by atoms with E-state index < -0.39 is 5.54 Å². The van der Waals surface area contributed by atoms with Crippen LogP contribution in [0.5, 0.6) is 11.5 Å². The van der Waals surface area contributed by atoms with E-state index in [1.165, 1.54) is 0 Å². The summed E-state index contributed by atoms with van der Waals surface area (Å²) < 4.78 is 10.6. The second-order valence-corrected chi connectivity index (χ2v) is 8.43. The van der Waals surface area contributed by atoms with Gasteiger partial charge in [-0.15, -0.1) is 0 Å². The van der Waals surface area contributed by atoms with Gasteiger partial charge in [-0.25, -0.2) is 5.43 Å². The molecule has 0 bridgehead atoms. The maximum atomic E-state index is 12.7. The average molecular weight is 494 g/mol. The topological polar surface area (TPSA) is 72.0 Å². The molecule has 0 saturated heterocycles.